The summed E-state index contributed by atoms with van der Waals surface area (Å²) in [6, 6.07) is 8.84. The highest BCUT2D eigenvalue weighted by atomic mass is 32.1. The van der Waals surface area contributed by atoms with E-state index in [9.17, 15) is 14.4 Å². The molecule has 2 heterocycles. The van der Waals surface area contributed by atoms with Gasteiger partial charge in [0.1, 0.15) is 5.00 Å². The number of anilines is 2. The van der Waals surface area contributed by atoms with E-state index < -0.39 is 0 Å². The van der Waals surface area contributed by atoms with Crippen LogP contribution < -0.4 is 15.5 Å². The highest BCUT2D eigenvalue weighted by Gasteiger charge is 2.23. The molecule has 0 bridgehead atoms. The number of hydrogen-bond donors (Lipinski definition) is 2. The molecule has 0 spiro atoms. The Balaban J connectivity index is 1.64. The number of carbonyl (C=O) groups is 3. The molecule has 7 nitrogen and oxygen atoms in total. The van der Waals surface area contributed by atoms with Crippen LogP contribution in [0.15, 0.2) is 35.7 Å². The second-order valence-electron chi connectivity index (χ2n) is 8.02. The highest BCUT2D eigenvalue weighted by molar-refractivity contribution is 7.14. The van der Waals surface area contributed by atoms with Gasteiger partial charge in [-0.15, -0.1) is 11.3 Å². The van der Waals surface area contributed by atoms with Gasteiger partial charge in [0.2, 0.25) is 5.91 Å². The van der Waals surface area contributed by atoms with E-state index in [1.807, 2.05) is 6.92 Å². The van der Waals surface area contributed by atoms with Crippen LogP contribution in [0.1, 0.15) is 60.7 Å². The number of benzene rings is 1. The van der Waals surface area contributed by atoms with Crippen molar-refractivity contribution < 1.29 is 14.4 Å². The molecule has 1 saturated heterocycles. The molecule has 3 amide bonds. The normalized spacial score (nSPS) is 14.7. The van der Waals surface area contributed by atoms with Crippen LogP contribution in [0.4, 0.5) is 10.7 Å². The summed E-state index contributed by atoms with van der Waals surface area (Å²) < 4.78 is 0. The summed E-state index contributed by atoms with van der Waals surface area (Å²) in [5.74, 6) is -0.545. The van der Waals surface area contributed by atoms with Crippen LogP contribution in [0.5, 0.6) is 0 Å². The lowest BCUT2D eigenvalue weighted by atomic mass is 10.0. The topological polar surface area (TPSA) is 81.8 Å². The van der Waals surface area contributed by atoms with Gasteiger partial charge in [-0.2, -0.15) is 0 Å². The molecule has 0 atom stereocenters. The summed E-state index contributed by atoms with van der Waals surface area (Å²) in [5.41, 5.74) is 1.59. The Bertz CT molecular complexity index is 950. The Labute approximate surface area is 193 Å². The summed E-state index contributed by atoms with van der Waals surface area (Å²) in [7, 11) is 0. The second-order valence-corrected chi connectivity index (χ2v) is 8.94. The number of likely N-dealkylation sites (tertiary alicyclic amines) is 1. The van der Waals surface area contributed by atoms with Crippen molar-refractivity contribution in [2.45, 2.75) is 46.1 Å². The third-order valence-corrected chi connectivity index (χ3v) is 6.55. The third-order valence-electron chi connectivity index (χ3n) is 5.72. The van der Waals surface area contributed by atoms with Crippen molar-refractivity contribution in [3.63, 3.8) is 0 Å². The first kappa shape index (κ1) is 23.9. The van der Waals surface area contributed by atoms with Gasteiger partial charge in [0.05, 0.1) is 5.56 Å². The first-order valence-corrected chi connectivity index (χ1v) is 12.1. The van der Waals surface area contributed by atoms with Crippen molar-refractivity contribution in [3.05, 3.63) is 46.8 Å². The van der Waals surface area contributed by atoms with Gasteiger partial charge in [-0.3, -0.25) is 14.4 Å². The van der Waals surface area contributed by atoms with E-state index in [0.717, 1.165) is 38.9 Å². The van der Waals surface area contributed by atoms with Gasteiger partial charge in [0.25, 0.3) is 11.8 Å². The first-order chi connectivity index (χ1) is 15.4. The quantitative estimate of drug-likeness (QED) is 0.630. The van der Waals surface area contributed by atoms with Crippen molar-refractivity contribution in [3.8, 4) is 0 Å². The molecule has 1 fully saturated rings. The summed E-state index contributed by atoms with van der Waals surface area (Å²) >= 11 is 1.32. The zero-order chi connectivity index (χ0) is 23.1. The lowest BCUT2D eigenvalue weighted by Gasteiger charge is -2.32. The van der Waals surface area contributed by atoms with Crippen molar-refractivity contribution in [1.82, 2.24) is 10.2 Å². The average Bonchev–Trinajstić information content (AvgIpc) is 3.24. The number of thiophene rings is 1. The van der Waals surface area contributed by atoms with E-state index in [4.69, 9.17) is 0 Å². The summed E-state index contributed by atoms with van der Waals surface area (Å²) in [6.45, 7) is 9.19. The van der Waals surface area contributed by atoms with Crippen molar-refractivity contribution >= 4 is 39.7 Å². The SMILES string of the molecule is CCCN1CCC(NC(=O)c2ccsc2NC(=O)c2cccc(N(CC)C(C)=O)c2)CC1. The monoisotopic (exact) mass is 456 g/mol. The van der Waals surface area contributed by atoms with E-state index >= 15 is 0 Å². The smallest absolute Gasteiger partial charge is 0.256 e. The zero-order valence-corrected chi connectivity index (χ0v) is 19.8. The number of nitrogens with zero attached hydrogens (tertiary/aromatic N) is 2. The molecule has 2 N–H and O–H groups in total. The van der Waals surface area contributed by atoms with Crippen molar-refractivity contribution in [2.75, 3.05) is 36.4 Å². The number of nitrogens with one attached hydrogen (secondary N) is 2. The summed E-state index contributed by atoms with van der Waals surface area (Å²) in [4.78, 5) is 41.6. The molecule has 1 aliphatic rings. The maximum absolute atomic E-state index is 12.9. The van der Waals surface area contributed by atoms with E-state index in [1.54, 1.807) is 40.6 Å². The van der Waals surface area contributed by atoms with Crippen LogP contribution in [0.25, 0.3) is 0 Å². The molecule has 2 aromatic rings. The van der Waals surface area contributed by atoms with Crippen LogP contribution >= 0.6 is 11.3 Å². The Kier molecular flexibility index (Phi) is 8.41. The maximum Gasteiger partial charge on any atom is 0.256 e. The lowest BCUT2D eigenvalue weighted by Crippen LogP contribution is -2.44. The fraction of sp³-hybridized carbons (Fsp3) is 0.458. The molecule has 1 aromatic carbocycles. The molecule has 0 unspecified atom stereocenters. The fourth-order valence-electron chi connectivity index (χ4n) is 4.04. The van der Waals surface area contributed by atoms with Gasteiger partial charge in [0.15, 0.2) is 0 Å². The second kappa shape index (κ2) is 11.2. The van der Waals surface area contributed by atoms with Gasteiger partial charge < -0.3 is 20.4 Å². The average molecular weight is 457 g/mol. The van der Waals surface area contributed by atoms with Gasteiger partial charge in [0, 0.05) is 43.9 Å². The molecule has 3 rings (SSSR count). The Morgan fingerprint density at radius 1 is 1.12 bits per heavy atom. The maximum atomic E-state index is 12.9. The van der Waals surface area contributed by atoms with Gasteiger partial charge in [-0.25, -0.2) is 0 Å². The van der Waals surface area contributed by atoms with Crippen LogP contribution in [0.3, 0.4) is 0 Å². The molecule has 32 heavy (non-hydrogen) atoms. The van der Waals surface area contributed by atoms with E-state index in [2.05, 4.69) is 22.5 Å². The number of piperidine rings is 1. The lowest BCUT2D eigenvalue weighted by molar-refractivity contribution is -0.116. The highest BCUT2D eigenvalue weighted by Crippen LogP contribution is 2.25. The molecular formula is C24H32N4O3S. The van der Waals surface area contributed by atoms with Crippen molar-refractivity contribution in [1.29, 1.82) is 0 Å². The van der Waals surface area contributed by atoms with Gasteiger partial charge >= 0.3 is 0 Å². The third kappa shape index (κ3) is 5.95. The van der Waals surface area contributed by atoms with Crippen LogP contribution in [-0.2, 0) is 4.79 Å². The summed E-state index contributed by atoms with van der Waals surface area (Å²) in [6.07, 6.45) is 3.02. The number of hydrogen-bond acceptors (Lipinski definition) is 5. The number of rotatable bonds is 8. The summed E-state index contributed by atoms with van der Waals surface area (Å²) in [5, 5.41) is 8.33. The van der Waals surface area contributed by atoms with E-state index in [0.29, 0.717) is 28.4 Å². The Morgan fingerprint density at radius 3 is 2.53 bits per heavy atom. The van der Waals surface area contributed by atoms with Crippen LogP contribution in [-0.4, -0.2) is 54.8 Å². The minimum absolute atomic E-state index is 0.0807. The van der Waals surface area contributed by atoms with E-state index in [-0.39, 0.29) is 23.8 Å². The molecule has 8 heteroatoms. The van der Waals surface area contributed by atoms with E-state index in [1.165, 1.54) is 18.3 Å². The molecule has 0 radical (unpaired) electrons. The molecule has 172 valence electrons. The number of amides is 3. The molecular weight excluding hydrogens is 424 g/mol. The Morgan fingerprint density at radius 2 is 1.88 bits per heavy atom. The minimum atomic E-state index is -0.309. The molecule has 0 saturated carbocycles. The predicted octanol–water partition coefficient (Wildman–Crippen LogP) is 3.98. The van der Waals surface area contributed by atoms with Gasteiger partial charge in [-0.1, -0.05) is 13.0 Å². The Hall–Kier alpha value is -2.71. The predicted molar refractivity (Wildman–Crippen MR) is 130 cm³/mol. The number of carbonyl (C=O) groups excluding carboxylic acids is 3. The largest absolute Gasteiger partial charge is 0.349 e. The molecule has 1 aromatic heterocycles. The first-order valence-electron chi connectivity index (χ1n) is 11.2. The van der Waals surface area contributed by atoms with Crippen molar-refractivity contribution in [2.24, 2.45) is 0 Å². The molecule has 1 aliphatic heterocycles. The standard InChI is InChI=1S/C24H32N4O3S/c1-4-12-27-13-9-19(10-14-27)25-23(31)21-11-15-32-24(21)26-22(30)18-7-6-8-20(16-18)28(5-2)17(3)29/h6-8,11,15-16,19H,4-5,9-10,12-14H2,1-3H3,(H,25,31)(H,26,30). The fourth-order valence-corrected chi connectivity index (χ4v) is 4.82. The van der Waals surface area contributed by atoms with Gasteiger partial charge in [-0.05, 0) is 62.4 Å². The zero-order valence-electron chi connectivity index (χ0n) is 19.0. The van der Waals surface area contributed by atoms with Crippen LogP contribution in [0.2, 0.25) is 0 Å². The molecule has 0 aliphatic carbocycles. The minimum Gasteiger partial charge on any atom is -0.349 e. The van der Waals surface area contributed by atoms with Crippen LogP contribution in [0, 0.1) is 0 Å².